The van der Waals surface area contributed by atoms with Gasteiger partial charge in [0.2, 0.25) is 0 Å². The Morgan fingerprint density at radius 1 is 1.47 bits per heavy atom. The van der Waals surface area contributed by atoms with Gasteiger partial charge in [0.25, 0.3) is 0 Å². The lowest BCUT2D eigenvalue weighted by molar-refractivity contribution is -0.146. The number of carbonyl (C=O) groups is 2. The topological polar surface area (TPSA) is 65.1 Å². The molecule has 5 heteroatoms. The maximum Gasteiger partial charge on any atom is 0.333 e. The summed E-state index contributed by atoms with van der Waals surface area (Å²) in [5.41, 5.74) is 0.192. The Labute approximate surface area is 113 Å². The van der Waals surface area contributed by atoms with Crippen molar-refractivity contribution in [3.63, 3.8) is 0 Å². The van der Waals surface area contributed by atoms with Crippen molar-refractivity contribution < 1.29 is 23.8 Å². The molecule has 19 heavy (non-hydrogen) atoms. The summed E-state index contributed by atoms with van der Waals surface area (Å²) in [6, 6.07) is 0. The van der Waals surface area contributed by atoms with Gasteiger partial charge in [0.15, 0.2) is 0 Å². The van der Waals surface area contributed by atoms with Gasteiger partial charge in [-0.1, -0.05) is 13.2 Å². The molecular weight excluding hydrogens is 248 g/mol. The van der Waals surface area contributed by atoms with Crippen LogP contribution in [-0.4, -0.2) is 36.9 Å². The quantitative estimate of drug-likeness (QED) is 0.432. The Balaban J connectivity index is 0.000000203. The van der Waals surface area contributed by atoms with Crippen LogP contribution < -0.4 is 0 Å². The van der Waals surface area contributed by atoms with Crippen molar-refractivity contribution in [2.45, 2.75) is 38.4 Å². The molecule has 1 saturated heterocycles. The Kier molecular flexibility index (Phi) is 5.30. The molecule has 2 fully saturated rings. The third-order valence-electron chi connectivity index (χ3n) is 2.76. The van der Waals surface area contributed by atoms with Crippen LogP contribution in [0.4, 0.5) is 0 Å². The van der Waals surface area contributed by atoms with E-state index in [0.29, 0.717) is 12.2 Å². The SMILES string of the molecule is C=C(C)C(=O)OCC.C=CC(=O)OC1(C2CO2)CC1. The van der Waals surface area contributed by atoms with Gasteiger partial charge >= 0.3 is 11.9 Å². The van der Waals surface area contributed by atoms with Crippen molar-refractivity contribution >= 4 is 11.9 Å². The smallest absolute Gasteiger partial charge is 0.333 e. The minimum Gasteiger partial charge on any atom is -0.463 e. The molecule has 1 saturated carbocycles. The highest BCUT2D eigenvalue weighted by atomic mass is 16.6. The number of hydrogen-bond acceptors (Lipinski definition) is 5. The minimum absolute atomic E-state index is 0.173. The molecular formula is C14H20O5. The number of ether oxygens (including phenoxy) is 3. The van der Waals surface area contributed by atoms with Crippen molar-refractivity contribution in [2.24, 2.45) is 0 Å². The molecule has 0 aromatic carbocycles. The normalized spacial score (nSPS) is 21.3. The maximum atomic E-state index is 10.8. The molecule has 1 aliphatic carbocycles. The van der Waals surface area contributed by atoms with Crippen molar-refractivity contribution in [1.82, 2.24) is 0 Å². The molecule has 0 amide bonds. The monoisotopic (exact) mass is 268 g/mol. The third-order valence-corrected chi connectivity index (χ3v) is 2.76. The van der Waals surface area contributed by atoms with Gasteiger partial charge < -0.3 is 14.2 Å². The molecule has 0 aromatic heterocycles. The minimum atomic E-state index is -0.335. The second kappa shape index (κ2) is 6.52. The van der Waals surface area contributed by atoms with Gasteiger partial charge in [-0.2, -0.15) is 0 Å². The summed E-state index contributed by atoms with van der Waals surface area (Å²) in [6.45, 7) is 11.3. The maximum absolute atomic E-state index is 10.8. The fourth-order valence-corrected chi connectivity index (χ4v) is 1.46. The molecule has 1 atom stereocenters. The van der Waals surface area contributed by atoms with E-state index in [2.05, 4.69) is 17.9 Å². The first kappa shape index (κ1) is 15.4. The van der Waals surface area contributed by atoms with Gasteiger partial charge in [0, 0.05) is 11.6 Å². The first-order valence-electron chi connectivity index (χ1n) is 6.25. The molecule has 0 bridgehead atoms. The zero-order valence-electron chi connectivity index (χ0n) is 11.4. The third kappa shape index (κ3) is 4.87. The largest absolute Gasteiger partial charge is 0.463 e. The summed E-state index contributed by atoms with van der Waals surface area (Å²) >= 11 is 0. The van der Waals surface area contributed by atoms with E-state index in [-0.39, 0.29) is 23.6 Å². The number of epoxide rings is 1. The van der Waals surface area contributed by atoms with Crippen LogP contribution in [0.25, 0.3) is 0 Å². The first-order chi connectivity index (χ1) is 8.95. The first-order valence-corrected chi connectivity index (χ1v) is 6.25. The molecule has 0 radical (unpaired) electrons. The summed E-state index contributed by atoms with van der Waals surface area (Å²) in [7, 11) is 0. The Bertz CT molecular complexity index is 377. The summed E-state index contributed by atoms with van der Waals surface area (Å²) in [5.74, 6) is -0.648. The second-order valence-corrected chi connectivity index (χ2v) is 4.51. The zero-order chi connectivity index (χ0) is 14.5. The Morgan fingerprint density at radius 2 is 2.05 bits per heavy atom. The molecule has 0 spiro atoms. The molecule has 0 aromatic rings. The number of hydrogen-bond donors (Lipinski definition) is 0. The molecule has 2 rings (SSSR count). The number of esters is 2. The lowest BCUT2D eigenvalue weighted by Gasteiger charge is -2.11. The Hall–Kier alpha value is -1.62. The van der Waals surface area contributed by atoms with Crippen LogP contribution in [0, 0.1) is 0 Å². The van der Waals surface area contributed by atoms with E-state index in [1.807, 2.05) is 0 Å². The fourth-order valence-electron chi connectivity index (χ4n) is 1.46. The van der Waals surface area contributed by atoms with E-state index < -0.39 is 0 Å². The van der Waals surface area contributed by atoms with Crippen molar-refractivity contribution in [1.29, 1.82) is 0 Å². The van der Waals surface area contributed by atoms with Crippen LogP contribution in [0.1, 0.15) is 26.7 Å². The van der Waals surface area contributed by atoms with Crippen molar-refractivity contribution in [3.05, 3.63) is 24.8 Å². The highest BCUT2D eigenvalue weighted by Crippen LogP contribution is 2.48. The van der Waals surface area contributed by atoms with E-state index in [1.165, 1.54) is 6.08 Å². The van der Waals surface area contributed by atoms with Crippen LogP contribution >= 0.6 is 0 Å². The van der Waals surface area contributed by atoms with Gasteiger partial charge in [0.05, 0.1) is 13.2 Å². The van der Waals surface area contributed by atoms with Crippen LogP contribution in [-0.2, 0) is 23.8 Å². The molecule has 1 aliphatic heterocycles. The van der Waals surface area contributed by atoms with Crippen LogP contribution in [0.2, 0.25) is 0 Å². The molecule has 2 aliphatic rings. The summed E-state index contributed by atoms with van der Waals surface area (Å²) in [6.07, 6.45) is 3.25. The summed E-state index contributed by atoms with van der Waals surface area (Å²) < 4.78 is 14.8. The second-order valence-electron chi connectivity index (χ2n) is 4.51. The van der Waals surface area contributed by atoms with Gasteiger partial charge in [-0.05, 0) is 26.7 Å². The molecule has 5 nitrogen and oxygen atoms in total. The zero-order valence-corrected chi connectivity index (χ0v) is 11.4. The van der Waals surface area contributed by atoms with Crippen LogP contribution in [0.3, 0.4) is 0 Å². The standard InChI is InChI=1S/C8H10O3.C6H10O2/c1-2-7(9)11-8(3-4-8)6-5-10-6;1-4-8-6(7)5(2)3/h2,6H,1,3-5H2;2,4H2,1,3H3. The van der Waals surface area contributed by atoms with Gasteiger partial charge in [0.1, 0.15) is 11.7 Å². The van der Waals surface area contributed by atoms with E-state index >= 15 is 0 Å². The van der Waals surface area contributed by atoms with E-state index in [0.717, 1.165) is 19.4 Å². The summed E-state index contributed by atoms with van der Waals surface area (Å²) in [4.78, 5) is 21.2. The predicted octanol–water partition coefficient (Wildman–Crippen LogP) is 1.77. The van der Waals surface area contributed by atoms with Crippen LogP contribution in [0.15, 0.2) is 24.8 Å². The van der Waals surface area contributed by atoms with Gasteiger partial charge in [-0.25, -0.2) is 9.59 Å². The highest BCUT2D eigenvalue weighted by Gasteiger charge is 2.59. The van der Waals surface area contributed by atoms with E-state index in [9.17, 15) is 9.59 Å². The summed E-state index contributed by atoms with van der Waals surface area (Å²) in [5, 5.41) is 0. The number of rotatable bonds is 5. The Morgan fingerprint density at radius 3 is 2.32 bits per heavy atom. The number of carbonyl (C=O) groups excluding carboxylic acids is 2. The van der Waals surface area contributed by atoms with Crippen LogP contribution in [0.5, 0.6) is 0 Å². The molecule has 106 valence electrons. The van der Waals surface area contributed by atoms with Crippen molar-refractivity contribution in [3.8, 4) is 0 Å². The highest BCUT2D eigenvalue weighted by molar-refractivity contribution is 5.86. The van der Waals surface area contributed by atoms with Gasteiger partial charge in [-0.3, -0.25) is 0 Å². The fraction of sp³-hybridized carbons (Fsp3) is 0.571. The predicted molar refractivity (Wildman–Crippen MR) is 69.4 cm³/mol. The van der Waals surface area contributed by atoms with Crippen molar-refractivity contribution in [2.75, 3.05) is 13.2 Å². The average Bonchev–Trinajstić information content (AvgIpc) is 3.23. The molecule has 0 N–H and O–H groups in total. The molecule has 1 heterocycles. The van der Waals surface area contributed by atoms with Gasteiger partial charge in [-0.15, -0.1) is 0 Å². The lowest BCUT2D eigenvalue weighted by atomic mass is 10.2. The lowest BCUT2D eigenvalue weighted by Crippen LogP contribution is -2.24. The van der Waals surface area contributed by atoms with E-state index in [1.54, 1.807) is 13.8 Å². The average molecular weight is 268 g/mol. The van der Waals surface area contributed by atoms with E-state index in [4.69, 9.17) is 9.47 Å². The molecule has 1 unspecified atom stereocenters.